The van der Waals surface area contributed by atoms with Gasteiger partial charge < -0.3 is 20.3 Å². The number of hydrogen-bond acceptors (Lipinski definition) is 6. The number of pyridine rings is 1. The van der Waals surface area contributed by atoms with Crippen molar-refractivity contribution in [3.8, 4) is 11.3 Å². The Morgan fingerprint density at radius 1 is 1.03 bits per heavy atom. The third-order valence-electron chi connectivity index (χ3n) is 6.27. The van der Waals surface area contributed by atoms with Crippen LogP contribution in [0.1, 0.15) is 43.0 Å². The second-order valence-electron chi connectivity index (χ2n) is 8.82. The molecule has 1 aliphatic heterocycles. The number of nitrogens with one attached hydrogen (secondary N) is 2. The fraction of sp³-hybridized carbons (Fsp3) is 0.393. The second-order valence-corrected chi connectivity index (χ2v) is 8.82. The molecular formula is C28H34N4O3. The SMILES string of the molecule is CCOC(=O)CNC(=O)c1ccc(-c2cc(NCCCN3CCCCC3)c3ccccc3n2)cc1. The predicted octanol–water partition coefficient (Wildman–Crippen LogP) is 4.48. The van der Waals surface area contributed by atoms with E-state index >= 15 is 0 Å². The number of ether oxygens (including phenoxy) is 1. The van der Waals surface area contributed by atoms with E-state index in [1.165, 1.54) is 32.4 Å². The third kappa shape index (κ3) is 6.79. The standard InChI is InChI=1S/C28H34N4O3/c1-2-35-27(33)20-30-28(34)22-13-11-21(12-14-22)25-19-26(23-9-4-5-10-24(23)31-25)29-15-8-18-32-16-6-3-7-17-32/h4-5,9-14,19H,2-3,6-8,15-18,20H2,1H3,(H,29,31)(H,30,34). The Hall–Kier alpha value is -3.45. The van der Waals surface area contributed by atoms with E-state index in [4.69, 9.17) is 9.72 Å². The Bertz CT molecular complexity index is 1140. The van der Waals surface area contributed by atoms with Gasteiger partial charge >= 0.3 is 5.97 Å². The molecule has 1 aromatic heterocycles. The smallest absolute Gasteiger partial charge is 0.325 e. The number of esters is 1. The monoisotopic (exact) mass is 474 g/mol. The van der Waals surface area contributed by atoms with Gasteiger partial charge in [0.15, 0.2) is 0 Å². The molecule has 0 bridgehead atoms. The molecule has 7 nitrogen and oxygen atoms in total. The summed E-state index contributed by atoms with van der Waals surface area (Å²) in [4.78, 5) is 31.2. The molecule has 35 heavy (non-hydrogen) atoms. The van der Waals surface area contributed by atoms with Gasteiger partial charge in [0, 0.05) is 28.7 Å². The van der Waals surface area contributed by atoms with Crippen molar-refractivity contribution in [1.82, 2.24) is 15.2 Å². The zero-order chi connectivity index (χ0) is 24.5. The Labute approximate surface area is 206 Å². The first kappa shape index (κ1) is 24.7. The van der Waals surface area contributed by atoms with Gasteiger partial charge in [-0.15, -0.1) is 0 Å². The average molecular weight is 475 g/mol. The van der Waals surface area contributed by atoms with Crippen LogP contribution in [0.5, 0.6) is 0 Å². The Morgan fingerprint density at radius 2 is 1.80 bits per heavy atom. The summed E-state index contributed by atoms with van der Waals surface area (Å²) in [6.45, 7) is 6.35. The van der Waals surface area contributed by atoms with Gasteiger partial charge in [0.05, 0.1) is 17.8 Å². The Balaban J connectivity index is 1.43. The number of fused-ring (bicyclic) bond motifs is 1. The molecule has 4 rings (SSSR count). The van der Waals surface area contributed by atoms with Crippen LogP contribution in [-0.2, 0) is 9.53 Å². The number of piperidine rings is 1. The summed E-state index contributed by atoms with van der Waals surface area (Å²) < 4.78 is 4.85. The van der Waals surface area contributed by atoms with Crippen molar-refractivity contribution >= 4 is 28.5 Å². The maximum atomic E-state index is 12.3. The predicted molar refractivity (Wildman–Crippen MR) is 140 cm³/mol. The average Bonchev–Trinajstić information content (AvgIpc) is 2.90. The van der Waals surface area contributed by atoms with Gasteiger partial charge in [-0.05, 0) is 70.1 Å². The van der Waals surface area contributed by atoms with Crippen LogP contribution in [0, 0.1) is 0 Å². The number of nitrogens with zero attached hydrogens (tertiary/aromatic N) is 2. The Kier molecular flexibility index (Phi) is 8.68. The third-order valence-corrected chi connectivity index (χ3v) is 6.27. The molecule has 0 saturated carbocycles. The lowest BCUT2D eigenvalue weighted by Crippen LogP contribution is -2.31. The fourth-order valence-corrected chi connectivity index (χ4v) is 4.44. The number of likely N-dealkylation sites (tertiary alicyclic amines) is 1. The van der Waals surface area contributed by atoms with Crippen LogP contribution in [0.3, 0.4) is 0 Å². The number of anilines is 1. The van der Waals surface area contributed by atoms with E-state index in [-0.39, 0.29) is 19.1 Å². The first-order chi connectivity index (χ1) is 17.1. The summed E-state index contributed by atoms with van der Waals surface area (Å²) in [5.41, 5.74) is 4.25. The van der Waals surface area contributed by atoms with E-state index in [9.17, 15) is 9.59 Å². The van der Waals surface area contributed by atoms with Crippen molar-refractivity contribution in [2.24, 2.45) is 0 Å². The number of hydrogen-bond donors (Lipinski definition) is 2. The highest BCUT2D eigenvalue weighted by atomic mass is 16.5. The zero-order valence-corrected chi connectivity index (χ0v) is 20.4. The molecule has 1 saturated heterocycles. The molecule has 2 heterocycles. The van der Waals surface area contributed by atoms with Crippen LogP contribution in [0.4, 0.5) is 5.69 Å². The maximum absolute atomic E-state index is 12.3. The van der Waals surface area contributed by atoms with Crippen LogP contribution in [0.25, 0.3) is 22.2 Å². The molecule has 2 aromatic carbocycles. The normalized spacial score (nSPS) is 14.0. The quantitative estimate of drug-likeness (QED) is 0.333. The molecular weight excluding hydrogens is 440 g/mol. The maximum Gasteiger partial charge on any atom is 0.325 e. The fourth-order valence-electron chi connectivity index (χ4n) is 4.44. The van der Waals surface area contributed by atoms with Crippen molar-refractivity contribution in [2.45, 2.75) is 32.6 Å². The van der Waals surface area contributed by atoms with Crippen molar-refractivity contribution in [3.63, 3.8) is 0 Å². The van der Waals surface area contributed by atoms with Gasteiger partial charge in [-0.2, -0.15) is 0 Å². The molecule has 0 atom stereocenters. The second kappa shape index (κ2) is 12.3. The number of aromatic nitrogens is 1. The molecule has 3 aromatic rings. The first-order valence-corrected chi connectivity index (χ1v) is 12.5. The summed E-state index contributed by atoms with van der Waals surface area (Å²) in [5.74, 6) is -0.763. The van der Waals surface area contributed by atoms with Gasteiger partial charge in [-0.3, -0.25) is 9.59 Å². The van der Waals surface area contributed by atoms with Gasteiger partial charge in [0.2, 0.25) is 0 Å². The number of carbonyl (C=O) groups excluding carboxylic acids is 2. The van der Waals surface area contributed by atoms with E-state index in [1.54, 1.807) is 19.1 Å². The van der Waals surface area contributed by atoms with Crippen molar-refractivity contribution in [2.75, 3.05) is 44.6 Å². The van der Waals surface area contributed by atoms with E-state index < -0.39 is 5.97 Å². The summed E-state index contributed by atoms with van der Waals surface area (Å²) in [6, 6.07) is 17.5. The van der Waals surface area contributed by atoms with E-state index in [1.807, 2.05) is 30.3 Å². The molecule has 0 spiro atoms. The van der Waals surface area contributed by atoms with E-state index in [0.717, 1.165) is 47.4 Å². The van der Waals surface area contributed by atoms with Crippen molar-refractivity contribution in [3.05, 3.63) is 60.2 Å². The molecule has 2 N–H and O–H groups in total. The number of para-hydroxylation sites is 1. The molecule has 0 unspecified atom stereocenters. The highest BCUT2D eigenvalue weighted by Gasteiger charge is 2.12. The number of carbonyl (C=O) groups is 2. The minimum atomic E-state index is -0.450. The lowest BCUT2D eigenvalue weighted by Gasteiger charge is -2.26. The van der Waals surface area contributed by atoms with Gasteiger partial charge in [-0.25, -0.2) is 4.98 Å². The summed E-state index contributed by atoms with van der Waals surface area (Å²) in [7, 11) is 0. The molecule has 0 aliphatic carbocycles. The van der Waals surface area contributed by atoms with Crippen LogP contribution in [-0.4, -0.2) is 61.1 Å². The number of benzene rings is 2. The highest BCUT2D eigenvalue weighted by molar-refractivity contribution is 5.97. The molecule has 1 amide bonds. The molecule has 7 heteroatoms. The Morgan fingerprint density at radius 3 is 2.57 bits per heavy atom. The van der Waals surface area contributed by atoms with E-state index in [0.29, 0.717) is 5.56 Å². The first-order valence-electron chi connectivity index (χ1n) is 12.5. The lowest BCUT2D eigenvalue weighted by atomic mass is 10.1. The van der Waals surface area contributed by atoms with E-state index in [2.05, 4.69) is 27.7 Å². The minimum absolute atomic E-state index is 0.145. The van der Waals surface area contributed by atoms with Gasteiger partial charge in [0.1, 0.15) is 6.54 Å². The summed E-state index contributed by atoms with van der Waals surface area (Å²) >= 11 is 0. The van der Waals surface area contributed by atoms with Crippen LogP contribution >= 0.6 is 0 Å². The van der Waals surface area contributed by atoms with Crippen LogP contribution < -0.4 is 10.6 Å². The van der Waals surface area contributed by atoms with Crippen LogP contribution in [0.15, 0.2) is 54.6 Å². The van der Waals surface area contributed by atoms with Crippen LogP contribution in [0.2, 0.25) is 0 Å². The number of amides is 1. The molecule has 1 aliphatic rings. The number of rotatable bonds is 10. The largest absolute Gasteiger partial charge is 0.465 e. The minimum Gasteiger partial charge on any atom is -0.465 e. The highest BCUT2D eigenvalue weighted by Crippen LogP contribution is 2.28. The molecule has 184 valence electrons. The topological polar surface area (TPSA) is 83.6 Å². The molecule has 0 radical (unpaired) electrons. The van der Waals surface area contributed by atoms with Gasteiger partial charge in [-0.1, -0.05) is 36.8 Å². The van der Waals surface area contributed by atoms with Crippen molar-refractivity contribution in [1.29, 1.82) is 0 Å². The van der Waals surface area contributed by atoms with Gasteiger partial charge in [0.25, 0.3) is 5.91 Å². The lowest BCUT2D eigenvalue weighted by molar-refractivity contribution is -0.141. The zero-order valence-electron chi connectivity index (χ0n) is 20.4. The summed E-state index contributed by atoms with van der Waals surface area (Å²) in [5, 5.41) is 7.32. The summed E-state index contributed by atoms with van der Waals surface area (Å²) in [6.07, 6.45) is 5.09. The van der Waals surface area contributed by atoms with Crippen molar-refractivity contribution < 1.29 is 14.3 Å². The molecule has 1 fully saturated rings.